The van der Waals surface area contributed by atoms with Gasteiger partial charge in [-0.15, -0.1) is 0 Å². The van der Waals surface area contributed by atoms with E-state index in [4.69, 9.17) is 9.47 Å². The van der Waals surface area contributed by atoms with Crippen LogP contribution in [0, 0.1) is 18.8 Å². The fraction of sp³-hybridized carbons (Fsp3) is 0.476. The lowest BCUT2D eigenvalue weighted by atomic mass is 10.2. The van der Waals surface area contributed by atoms with Crippen LogP contribution in [0.2, 0.25) is 0 Å². The standard InChI is InChI=1S/C21H27N3O4/c1-4-27-21(26)19-11-16(19)12-24(13-17-10-15(2)23(3)22-17)20(25)14-28-18-8-6-5-7-9-18/h5-10,16,19H,4,11-14H2,1-3H3/t16-,19+/m1/s1. The van der Waals surface area contributed by atoms with Crippen LogP contribution >= 0.6 is 0 Å². The molecule has 0 saturated heterocycles. The summed E-state index contributed by atoms with van der Waals surface area (Å²) in [5, 5.41) is 4.45. The molecule has 0 radical (unpaired) electrons. The first kappa shape index (κ1) is 19.9. The van der Waals surface area contributed by atoms with Crippen LogP contribution in [0.5, 0.6) is 5.75 Å². The first-order valence-electron chi connectivity index (χ1n) is 9.59. The number of hydrogen-bond donors (Lipinski definition) is 0. The normalized spacial score (nSPS) is 17.8. The van der Waals surface area contributed by atoms with Gasteiger partial charge in [0.15, 0.2) is 6.61 Å². The second kappa shape index (κ2) is 8.91. The molecule has 2 aromatic rings. The molecule has 7 heteroatoms. The molecular weight excluding hydrogens is 358 g/mol. The van der Waals surface area contributed by atoms with E-state index in [0.717, 1.165) is 17.8 Å². The third-order valence-electron chi connectivity index (χ3n) is 4.94. The Morgan fingerprint density at radius 1 is 1.29 bits per heavy atom. The topological polar surface area (TPSA) is 73.7 Å². The summed E-state index contributed by atoms with van der Waals surface area (Å²) in [5.41, 5.74) is 1.85. The fourth-order valence-electron chi connectivity index (χ4n) is 3.19. The molecule has 1 heterocycles. The Morgan fingerprint density at radius 2 is 2.04 bits per heavy atom. The van der Waals surface area contributed by atoms with Gasteiger partial charge >= 0.3 is 5.97 Å². The lowest BCUT2D eigenvalue weighted by molar-refractivity contribution is -0.145. The molecule has 0 N–H and O–H groups in total. The van der Waals surface area contributed by atoms with Crippen LogP contribution in [0.1, 0.15) is 24.7 Å². The highest BCUT2D eigenvalue weighted by Gasteiger charge is 2.45. The molecule has 1 amide bonds. The van der Waals surface area contributed by atoms with Crippen LogP contribution in [0.15, 0.2) is 36.4 Å². The maximum atomic E-state index is 12.8. The van der Waals surface area contributed by atoms with Gasteiger partial charge in [0.25, 0.3) is 5.91 Å². The molecule has 1 aliphatic rings. The van der Waals surface area contributed by atoms with Crippen molar-refractivity contribution < 1.29 is 19.1 Å². The quantitative estimate of drug-likeness (QED) is 0.620. The van der Waals surface area contributed by atoms with Crippen LogP contribution in [0.25, 0.3) is 0 Å². The smallest absolute Gasteiger partial charge is 0.309 e. The van der Waals surface area contributed by atoms with Gasteiger partial charge in [-0.1, -0.05) is 18.2 Å². The van der Waals surface area contributed by atoms with Crippen molar-refractivity contribution in [3.63, 3.8) is 0 Å². The summed E-state index contributed by atoms with van der Waals surface area (Å²) < 4.78 is 12.5. The van der Waals surface area contributed by atoms with E-state index in [0.29, 0.717) is 25.4 Å². The zero-order valence-electron chi connectivity index (χ0n) is 16.6. The molecule has 2 atom stereocenters. The Balaban J connectivity index is 1.63. The number of benzene rings is 1. The van der Waals surface area contributed by atoms with Gasteiger partial charge in [-0.3, -0.25) is 14.3 Å². The molecular formula is C21H27N3O4. The molecule has 3 rings (SSSR count). The van der Waals surface area contributed by atoms with Crippen molar-refractivity contribution >= 4 is 11.9 Å². The Bertz CT molecular complexity index is 799. The number of nitrogens with zero attached hydrogens (tertiary/aromatic N) is 3. The summed E-state index contributed by atoms with van der Waals surface area (Å²) >= 11 is 0. The predicted molar refractivity (Wildman–Crippen MR) is 104 cm³/mol. The molecule has 150 valence electrons. The second-order valence-electron chi connectivity index (χ2n) is 7.13. The summed E-state index contributed by atoms with van der Waals surface area (Å²) in [6, 6.07) is 11.2. The number of rotatable bonds is 9. The molecule has 0 aliphatic heterocycles. The molecule has 1 aromatic heterocycles. The second-order valence-corrected chi connectivity index (χ2v) is 7.13. The lowest BCUT2D eigenvalue weighted by Crippen LogP contribution is -2.36. The maximum Gasteiger partial charge on any atom is 0.309 e. The SMILES string of the molecule is CCOC(=O)[C@H]1C[C@@H]1CN(Cc1cc(C)n(C)n1)C(=O)COc1ccccc1. The summed E-state index contributed by atoms with van der Waals surface area (Å²) in [6.45, 7) is 4.99. The molecule has 0 spiro atoms. The number of aryl methyl sites for hydroxylation is 2. The van der Waals surface area contributed by atoms with Crippen molar-refractivity contribution in [1.82, 2.24) is 14.7 Å². The van der Waals surface area contributed by atoms with E-state index >= 15 is 0 Å². The van der Waals surface area contributed by atoms with Crippen molar-refractivity contribution in [2.45, 2.75) is 26.8 Å². The minimum absolute atomic E-state index is 0.0490. The van der Waals surface area contributed by atoms with E-state index in [2.05, 4.69) is 5.10 Å². The zero-order valence-corrected chi connectivity index (χ0v) is 16.6. The monoisotopic (exact) mass is 385 g/mol. The maximum absolute atomic E-state index is 12.8. The average Bonchev–Trinajstić information content (AvgIpc) is 3.38. The predicted octanol–water partition coefficient (Wildman–Crippen LogP) is 2.34. The molecule has 0 unspecified atom stereocenters. The average molecular weight is 385 g/mol. The summed E-state index contributed by atoms with van der Waals surface area (Å²) in [5.74, 6) is 0.372. The van der Waals surface area contributed by atoms with Crippen molar-refractivity contribution in [3.8, 4) is 5.75 Å². The minimum Gasteiger partial charge on any atom is -0.484 e. The number of para-hydroxylation sites is 1. The number of hydrogen-bond acceptors (Lipinski definition) is 5. The molecule has 1 saturated carbocycles. The molecule has 1 fully saturated rings. The number of amides is 1. The van der Waals surface area contributed by atoms with Crippen molar-refractivity contribution in [1.29, 1.82) is 0 Å². The Morgan fingerprint density at radius 3 is 2.68 bits per heavy atom. The van der Waals surface area contributed by atoms with Crippen LogP contribution < -0.4 is 4.74 Å². The Hall–Kier alpha value is -2.83. The molecule has 7 nitrogen and oxygen atoms in total. The lowest BCUT2D eigenvalue weighted by Gasteiger charge is -2.22. The Kier molecular flexibility index (Phi) is 6.34. The van der Waals surface area contributed by atoms with Crippen LogP contribution in [0.3, 0.4) is 0 Å². The molecule has 1 aliphatic carbocycles. The number of carbonyl (C=O) groups excluding carboxylic acids is 2. The van der Waals surface area contributed by atoms with E-state index in [9.17, 15) is 9.59 Å². The zero-order chi connectivity index (χ0) is 20.1. The molecule has 0 bridgehead atoms. The van der Waals surface area contributed by atoms with Crippen molar-refractivity contribution in [2.75, 3.05) is 19.8 Å². The van der Waals surface area contributed by atoms with E-state index in [1.54, 1.807) is 16.5 Å². The van der Waals surface area contributed by atoms with Gasteiger partial charge in [0.05, 0.1) is 24.8 Å². The van der Waals surface area contributed by atoms with Gasteiger partial charge in [-0.05, 0) is 44.4 Å². The third kappa shape index (κ3) is 5.12. The van der Waals surface area contributed by atoms with Crippen molar-refractivity contribution in [2.24, 2.45) is 18.9 Å². The van der Waals surface area contributed by atoms with Gasteiger partial charge in [0, 0.05) is 19.3 Å². The summed E-state index contributed by atoms with van der Waals surface area (Å²) in [6.07, 6.45) is 0.753. The van der Waals surface area contributed by atoms with E-state index in [1.807, 2.05) is 50.4 Å². The van der Waals surface area contributed by atoms with E-state index in [1.165, 1.54) is 0 Å². The highest BCUT2D eigenvalue weighted by Crippen LogP contribution is 2.40. The third-order valence-corrected chi connectivity index (χ3v) is 4.94. The van der Waals surface area contributed by atoms with Gasteiger partial charge in [-0.2, -0.15) is 5.10 Å². The van der Waals surface area contributed by atoms with Crippen molar-refractivity contribution in [3.05, 3.63) is 47.8 Å². The summed E-state index contributed by atoms with van der Waals surface area (Å²) in [7, 11) is 1.88. The molecule has 28 heavy (non-hydrogen) atoms. The first-order valence-corrected chi connectivity index (χ1v) is 9.59. The first-order chi connectivity index (χ1) is 13.5. The fourth-order valence-corrected chi connectivity index (χ4v) is 3.19. The number of esters is 1. The number of carbonyl (C=O) groups is 2. The van der Waals surface area contributed by atoms with E-state index < -0.39 is 0 Å². The number of aromatic nitrogens is 2. The van der Waals surface area contributed by atoms with Gasteiger partial charge in [0.1, 0.15) is 5.75 Å². The van der Waals surface area contributed by atoms with E-state index in [-0.39, 0.29) is 30.3 Å². The van der Waals surface area contributed by atoms with Gasteiger partial charge < -0.3 is 14.4 Å². The Labute approximate surface area is 165 Å². The number of ether oxygens (including phenoxy) is 2. The van der Waals surface area contributed by atoms with Gasteiger partial charge in [-0.25, -0.2) is 0 Å². The summed E-state index contributed by atoms with van der Waals surface area (Å²) in [4.78, 5) is 26.5. The van der Waals surface area contributed by atoms with Crippen LogP contribution in [-0.2, 0) is 27.9 Å². The van der Waals surface area contributed by atoms with Crippen LogP contribution in [-0.4, -0.2) is 46.3 Å². The largest absolute Gasteiger partial charge is 0.484 e. The minimum atomic E-state index is -0.172. The van der Waals surface area contributed by atoms with Gasteiger partial charge in [0.2, 0.25) is 0 Å². The highest BCUT2D eigenvalue weighted by molar-refractivity contribution is 5.79. The highest BCUT2D eigenvalue weighted by atomic mass is 16.5. The molecule has 1 aromatic carbocycles. The van der Waals surface area contributed by atoms with Crippen LogP contribution in [0.4, 0.5) is 0 Å².